The SMILES string of the molecule is CCn1nc(C)c(Cl)c1CN1CC(C)NCC1CC(C)C. The Hall–Kier alpha value is -0.580. The Kier molecular flexibility index (Phi) is 5.69. The standard InChI is InChI=1S/C16H29ClN4/c1-6-21-15(16(17)13(5)19-21)10-20-9-12(4)18-8-14(20)7-11(2)3/h11-12,14,18H,6-10H2,1-5H3. The topological polar surface area (TPSA) is 33.1 Å². The summed E-state index contributed by atoms with van der Waals surface area (Å²) in [5, 5.41) is 8.99. The second-order valence-corrected chi connectivity index (χ2v) is 7.06. The first-order valence-corrected chi connectivity index (χ1v) is 8.49. The average Bonchev–Trinajstić information content (AvgIpc) is 2.69. The summed E-state index contributed by atoms with van der Waals surface area (Å²) in [4.78, 5) is 2.58. The predicted molar refractivity (Wildman–Crippen MR) is 88.8 cm³/mol. The highest BCUT2D eigenvalue weighted by Crippen LogP contribution is 2.25. The molecule has 0 bridgehead atoms. The minimum atomic E-state index is 0.534. The normalized spacial score (nSPS) is 24.0. The van der Waals surface area contributed by atoms with Gasteiger partial charge in [0, 0.05) is 38.3 Å². The van der Waals surface area contributed by atoms with Crippen LogP contribution in [0.5, 0.6) is 0 Å². The molecule has 0 aliphatic carbocycles. The van der Waals surface area contributed by atoms with Gasteiger partial charge in [-0.25, -0.2) is 0 Å². The molecule has 1 aromatic rings. The molecular formula is C16H29ClN4. The summed E-state index contributed by atoms with van der Waals surface area (Å²) >= 11 is 6.48. The van der Waals surface area contributed by atoms with Crippen LogP contribution in [0, 0.1) is 12.8 Å². The van der Waals surface area contributed by atoms with E-state index in [9.17, 15) is 0 Å². The quantitative estimate of drug-likeness (QED) is 0.907. The van der Waals surface area contributed by atoms with Gasteiger partial charge in [-0.15, -0.1) is 0 Å². The van der Waals surface area contributed by atoms with Gasteiger partial charge in [0.2, 0.25) is 0 Å². The highest BCUT2D eigenvalue weighted by molar-refractivity contribution is 6.31. The molecule has 1 N–H and O–H groups in total. The highest BCUT2D eigenvalue weighted by Gasteiger charge is 2.28. The molecule has 2 rings (SSSR count). The summed E-state index contributed by atoms with van der Waals surface area (Å²) in [5.74, 6) is 0.709. The number of halogens is 1. The summed E-state index contributed by atoms with van der Waals surface area (Å²) in [6.07, 6.45) is 1.22. The van der Waals surface area contributed by atoms with E-state index in [0.717, 1.165) is 36.9 Å². The van der Waals surface area contributed by atoms with Gasteiger partial charge in [0.15, 0.2) is 0 Å². The first-order valence-electron chi connectivity index (χ1n) is 8.11. The summed E-state index contributed by atoms with van der Waals surface area (Å²) in [6.45, 7) is 14.9. The van der Waals surface area contributed by atoms with Crippen molar-refractivity contribution in [3.8, 4) is 0 Å². The molecule has 0 spiro atoms. The van der Waals surface area contributed by atoms with Crippen molar-refractivity contribution in [2.45, 2.75) is 66.2 Å². The van der Waals surface area contributed by atoms with Gasteiger partial charge >= 0.3 is 0 Å². The fourth-order valence-corrected chi connectivity index (χ4v) is 3.41. The van der Waals surface area contributed by atoms with E-state index in [2.05, 4.69) is 47.7 Å². The van der Waals surface area contributed by atoms with Gasteiger partial charge in [-0.05, 0) is 33.1 Å². The Bertz CT molecular complexity index is 469. The van der Waals surface area contributed by atoms with Crippen molar-refractivity contribution in [3.63, 3.8) is 0 Å². The van der Waals surface area contributed by atoms with Crippen LogP contribution in [0.4, 0.5) is 0 Å². The van der Waals surface area contributed by atoms with Crippen LogP contribution in [0.3, 0.4) is 0 Å². The van der Waals surface area contributed by atoms with Gasteiger partial charge in [0.1, 0.15) is 0 Å². The Labute approximate surface area is 133 Å². The molecule has 5 heteroatoms. The van der Waals surface area contributed by atoms with E-state index in [0.29, 0.717) is 18.0 Å². The lowest BCUT2D eigenvalue weighted by molar-refractivity contribution is 0.108. The first kappa shape index (κ1) is 16.8. The van der Waals surface area contributed by atoms with E-state index in [4.69, 9.17) is 11.6 Å². The largest absolute Gasteiger partial charge is 0.311 e. The Morgan fingerprint density at radius 1 is 1.43 bits per heavy atom. The van der Waals surface area contributed by atoms with E-state index in [1.165, 1.54) is 12.1 Å². The van der Waals surface area contributed by atoms with Crippen molar-refractivity contribution in [2.24, 2.45) is 5.92 Å². The van der Waals surface area contributed by atoms with Gasteiger partial charge in [-0.3, -0.25) is 9.58 Å². The zero-order valence-electron chi connectivity index (χ0n) is 14.0. The van der Waals surface area contributed by atoms with E-state index in [-0.39, 0.29) is 0 Å². The molecule has 1 aromatic heterocycles. The van der Waals surface area contributed by atoms with Crippen LogP contribution in [-0.2, 0) is 13.1 Å². The molecule has 120 valence electrons. The Morgan fingerprint density at radius 2 is 2.14 bits per heavy atom. The zero-order valence-corrected chi connectivity index (χ0v) is 14.7. The monoisotopic (exact) mass is 312 g/mol. The van der Waals surface area contributed by atoms with Crippen LogP contribution < -0.4 is 5.32 Å². The molecular weight excluding hydrogens is 284 g/mol. The predicted octanol–water partition coefficient (Wildman–Crippen LogP) is 3.07. The number of hydrogen-bond donors (Lipinski definition) is 1. The van der Waals surface area contributed by atoms with Crippen molar-refractivity contribution < 1.29 is 0 Å². The maximum atomic E-state index is 6.48. The molecule has 0 aromatic carbocycles. The summed E-state index contributed by atoms with van der Waals surface area (Å²) in [7, 11) is 0. The number of aryl methyl sites for hydroxylation is 2. The minimum absolute atomic E-state index is 0.534. The fourth-order valence-electron chi connectivity index (χ4n) is 3.21. The van der Waals surface area contributed by atoms with Crippen molar-refractivity contribution >= 4 is 11.6 Å². The molecule has 0 amide bonds. The summed E-state index contributed by atoms with van der Waals surface area (Å²) in [6, 6.07) is 1.11. The molecule has 0 radical (unpaired) electrons. The summed E-state index contributed by atoms with van der Waals surface area (Å²) in [5.41, 5.74) is 2.11. The lowest BCUT2D eigenvalue weighted by Gasteiger charge is -2.40. The third-order valence-electron chi connectivity index (χ3n) is 4.28. The van der Waals surface area contributed by atoms with Crippen LogP contribution in [0.1, 0.15) is 45.5 Å². The lowest BCUT2D eigenvalue weighted by atomic mass is 9.99. The van der Waals surface area contributed by atoms with Gasteiger partial charge in [-0.2, -0.15) is 5.10 Å². The third-order valence-corrected chi connectivity index (χ3v) is 4.77. The van der Waals surface area contributed by atoms with E-state index >= 15 is 0 Å². The average molecular weight is 313 g/mol. The van der Waals surface area contributed by atoms with Crippen molar-refractivity contribution in [2.75, 3.05) is 13.1 Å². The van der Waals surface area contributed by atoms with Gasteiger partial charge in [-0.1, -0.05) is 25.4 Å². The van der Waals surface area contributed by atoms with Crippen LogP contribution in [0.25, 0.3) is 0 Å². The summed E-state index contributed by atoms with van der Waals surface area (Å²) < 4.78 is 2.05. The second kappa shape index (κ2) is 7.12. The van der Waals surface area contributed by atoms with Gasteiger partial charge in [0.25, 0.3) is 0 Å². The molecule has 2 atom stereocenters. The fraction of sp³-hybridized carbons (Fsp3) is 0.812. The molecule has 1 aliphatic rings. The van der Waals surface area contributed by atoms with Crippen LogP contribution in [0.2, 0.25) is 5.02 Å². The minimum Gasteiger partial charge on any atom is -0.311 e. The van der Waals surface area contributed by atoms with Crippen molar-refractivity contribution in [1.82, 2.24) is 20.0 Å². The Balaban J connectivity index is 2.18. The number of piperazine rings is 1. The number of nitrogens with one attached hydrogen (secondary N) is 1. The van der Waals surface area contributed by atoms with Crippen LogP contribution in [-0.4, -0.2) is 39.9 Å². The zero-order chi connectivity index (χ0) is 15.6. The van der Waals surface area contributed by atoms with E-state index < -0.39 is 0 Å². The Morgan fingerprint density at radius 3 is 2.76 bits per heavy atom. The first-order chi connectivity index (χ1) is 9.92. The highest BCUT2D eigenvalue weighted by atomic mass is 35.5. The maximum absolute atomic E-state index is 6.48. The van der Waals surface area contributed by atoms with Crippen LogP contribution >= 0.6 is 11.6 Å². The molecule has 1 aliphatic heterocycles. The molecule has 1 fully saturated rings. The van der Waals surface area contributed by atoms with Crippen LogP contribution in [0.15, 0.2) is 0 Å². The lowest BCUT2D eigenvalue weighted by Crippen LogP contribution is -2.55. The molecule has 2 unspecified atom stereocenters. The van der Waals surface area contributed by atoms with Crippen molar-refractivity contribution in [3.05, 3.63) is 16.4 Å². The van der Waals surface area contributed by atoms with E-state index in [1.807, 2.05) is 6.92 Å². The molecule has 2 heterocycles. The van der Waals surface area contributed by atoms with Gasteiger partial charge < -0.3 is 5.32 Å². The smallest absolute Gasteiger partial charge is 0.0860 e. The molecule has 21 heavy (non-hydrogen) atoms. The van der Waals surface area contributed by atoms with E-state index in [1.54, 1.807) is 0 Å². The number of hydrogen-bond acceptors (Lipinski definition) is 3. The molecule has 4 nitrogen and oxygen atoms in total. The molecule has 0 saturated carbocycles. The number of rotatable bonds is 5. The second-order valence-electron chi connectivity index (χ2n) is 6.68. The molecule has 1 saturated heterocycles. The van der Waals surface area contributed by atoms with Gasteiger partial charge in [0.05, 0.1) is 16.4 Å². The third kappa shape index (κ3) is 3.99. The number of nitrogens with zero attached hydrogens (tertiary/aromatic N) is 3. The number of aromatic nitrogens is 2. The maximum Gasteiger partial charge on any atom is 0.0860 e. The van der Waals surface area contributed by atoms with Crippen molar-refractivity contribution in [1.29, 1.82) is 0 Å².